The summed E-state index contributed by atoms with van der Waals surface area (Å²) in [5.41, 5.74) is 3.21. The number of rotatable bonds is 3. The maximum atomic E-state index is 12.5. The van der Waals surface area contributed by atoms with Gasteiger partial charge >= 0.3 is 0 Å². The van der Waals surface area contributed by atoms with Gasteiger partial charge in [0.2, 0.25) is 11.8 Å². The number of nitrogens with one attached hydrogen (secondary N) is 2. The van der Waals surface area contributed by atoms with Gasteiger partial charge in [0.1, 0.15) is 0 Å². The number of carbonyl (C=O) groups excluding carboxylic acids is 2. The van der Waals surface area contributed by atoms with E-state index in [2.05, 4.69) is 10.6 Å². The number of piperidine rings is 1. The average Bonchev–Trinajstić information content (AvgIpc) is 2.93. The molecule has 0 spiro atoms. The van der Waals surface area contributed by atoms with E-state index in [-0.39, 0.29) is 36.2 Å². The summed E-state index contributed by atoms with van der Waals surface area (Å²) in [6, 6.07) is 6.22. The number of hydrogen-bond acceptors (Lipinski definition) is 3. The van der Waals surface area contributed by atoms with Gasteiger partial charge in [-0.05, 0) is 57.0 Å². The summed E-state index contributed by atoms with van der Waals surface area (Å²) in [6.45, 7) is 6.45. The molecule has 0 aromatic heterocycles. The second-order valence-corrected chi connectivity index (χ2v) is 6.66. The Hall–Kier alpha value is -1.59. The van der Waals surface area contributed by atoms with Crippen LogP contribution in [-0.4, -0.2) is 37.5 Å². The largest absolute Gasteiger partial charge is 0.353 e. The molecule has 0 aliphatic carbocycles. The molecule has 2 N–H and O–H groups in total. The van der Waals surface area contributed by atoms with Crippen molar-refractivity contribution in [3.8, 4) is 0 Å². The molecule has 0 bridgehead atoms. The Morgan fingerprint density at radius 2 is 1.96 bits per heavy atom. The van der Waals surface area contributed by atoms with E-state index in [1.165, 1.54) is 0 Å². The van der Waals surface area contributed by atoms with Crippen LogP contribution in [0.3, 0.4) is 0 Å². The van der Waals surface area contributed by atoms with Crippen molar-refractivity contribution >= 4 is 29.9 Å². The van der Waals surface area contributed by atoms with Gasteiger partial charge < -0.3 is 15.5 Å². The predicted octanol–water partition coefficient (Wildman–Crippen LogP) is 1.95. The molecule has 5 nitrogen and oxygen atoms in total. The first kappa shape index (κ1) is 18.7. The highest BCUT2D eigenvalue weighted by atomic mass is 35.5. The number of nitrogens with zero attached hydrogens (tertiary/aromatic N) is 1. The first-order valence-electron chi connectivity index (χ1n) is 8.44. The van der Waals surface area contributed by atoms with Crippen molar-refractivity contribution in [3.05, 3.63) is 29.3 Å². The van der Waals surface area contributed by atoms with E-state index >= 15 is 0 Å². The van der Waals surface area contributed by atoms with Crippen molar-refractivity contribution in [2.45, 2.75) is 39.2 Å². The summed E-state index contributed by atoms with van der Waals surface area (Å²) in [5.74, 6) is -0.167. The van der Waals surface area contributed by atoms with E-state index in [0.717, 1.165) is 42.7 Å². The van der Waals surface area contributed by atoms with Gasteiger partial charge in [0.15, 0.2) is 0 Å². The van der Waals surface area contributed by atoms with Gasteiger partial charge in [-0.15, -0.1) is 12.4 Å². The van der Waals surface area contributed by atoms with E-state index in [1.807, 2.05) is 32.0 Å². The number of anilines is 1. The zero-order chi connectivity index (χ0) is 16.4. The van der Waals surface area contributed by atoms with Gasteiger partial charge in [-0.1, -0.05) is 12.1 Å². The molecule has 0 saturated carbocycles. The predicted molar refractivity (Wildman–Crippen MR) is 97.7 cm³/mol. The summed E-state index contributed by atoms with van der Waals surface area (Å²) in [6.07, 6.45) is 2.24. The van der Waals surface area contributed by atoms with Gasteiger partial charge in [0.25, 0.3) is 0 Å². The van der Waals surface area contributed by atoms with E-state index in [0.29, 0.717) is 13.0 Å². The highest BCUT2D eigenvalue weighted by Gasteiger charge is 2.36. The Balaban J connectivity index is 0.00000208. The maximum Gasteiger partial charge on any atom is 0.227 e. The highest BCUT2D eigenvalue weighted by Crippen LogP contribution is 2.29. The molecule has 6 heteroatoms. The standard InChI is InChI=1S/C18H25N3O2.ClH/c1-12-4-3-5-16(13(12)2)21-11-14(10-17(21)22)18(23)20-15-6-8-19-9-7-15;/h3-5,14-15,19H,6-11H2,1-2H3,(H,20,23);1H. The lowest BCUT2D eigenvalue weighted by molar-refractivity contribution is -0.127. The monoisotopic (exact) mass is 351 g/mol. The molecule has 132 valence electrons. The normalized spacial score (nSPS) is 21.5. The Kier molecular flexibility index (Phi) is 6.24. The van der Waals surface area contributed by atoms with Gasteiger partial charge in [0.05, 0.1) is 5.92 Å². The minimum Gasteiger partial charge on any atom is -0.353 e. The van der Waals surface area contributed by atoms with Crippen LogP contribution >= 0.6 is 12.4 Å². The smallest absolute Gasteiger partial charge is 0.227 e. The molecular weight excluding hydrogens is 326 g/mol. The van der Waals surface area contributed by atoms with E-state index in [9.17, 15) is 9.59 Å². The summed E-state index contributed by atoms with van der Waals surface area (Å²) >= 11 is 0. The minimum absolute atomic E-state index is 0. The molecule has 1 unspecified atom stereocenters. The molecule has 1 aromatic carbocycles. The lowest BCUT2D eigenvalue weighted by atomic mass is 10.0. The van der Waals surface area contributed by atoms with Crippen molar-refractivity contribution in [1.29, 1.82) is 0 Å². The lowest BCUT2D eigenvalue weighted by Gasteiger charge is -2.25. The molecule has 1 atom stereocenters. The van der Waals surface area contributed by atoms with E-state index in [4.69, 9.17) is 0 Å². The summed E-state index contributed by atoms with van der Waals surface area (Å²) in [7, 11) is 0. The summed E-state index contributed by atoms with van der Waals surface area (Å²) in [5, 5.41) is 6.41. The van der Waals surface area contributed by atoms with E-state index < -0.39 is 0 Å². The van der Waals surface area contributed by atoms with Crippen LogP contribution in [0.1, 0.15) is 30.4 Å². The van der Waals surface area contributed by atoms with E-state index in [1.54, 1.807) is 4.90 Å². The molecule has 2 fully saturated rings. The van der Waals surface area contributed by atoms with Crippen LogP contribution < -0.4 is 15.5 Å². The Bertz CT molecular complexity index is 614. The lowest BCUT2D eigenvalue weighted by Crippen LogP contribution is -2.45. The van der Waals surface area contributed by atoms with Crippen LogP contribution in [0.5, 0.6) is 0 Å². The third-order valence-electron chi connectivity index (χ3n) is 5.05. The van der Waals surface area contributed by atoms with Crippen LogP contribution in [0.2, 0.25) is 0 Å². The Morgan fingerprint density at radius 3 is 2.67 bits per heavy atom. The molecule has 2 saturated heterocycles. The van der Waals surface area contributed by atoms with Gasteiger partial charge in [-0.3, -0.25) is 9.59 Å². The minimum atomic E-state index is -0.239. The van der Waals surface area contributed by atoms with Crippen LogP contribution in [0.15, 0.2) is 18.2 Å². The molecule has 24 heavy (non-hydrogen) atoms. The van der Waals surface area contributed by atoms with Crippen molar-refractivity contribution in [2.75, 3.05) is 24.5 Å². The molecule has 2 aliphatic rings. The molecule has 2 aliphatic heterocycles. The van der Waals surface area contributed by atoms with Gasteiger partial charge in [0, 0.05) is 24.7 Å². The number of aryl methyl sites for hydroxylation is 1. The molecule has 2 amide bonds. The van der Waals surface area contributed by atoms with Gasteiger partial charge in [-0.2, -0.15) is 0 Å². The Morgan fingerprint density at radius 1 is 1.25 bits per heavy atom. The number of carbonyl (C=O) groups is 2. The second kappa shape index (κ2) is 7.99. The Labute approximate surface area is 149 Å². The molecule has 3 rings (SSSR count). The molecule has 2 heterocycles. The van der Waals surface area contributed by atoms with Crippen LogP contribution in [0, 0.1) is 19.8 Å². The average molecular weight is 352 g/mol. The van der Waals surface area contributed by atoms with Crippen LogP contribution in [0.25, 0.3) is 0 Å². The molecule has 1 aromatic rings. The molecular formula is C18H26ClN3O2. The second-order valence-electron chi connectivity index (χ2n) is 6.66. The first-order chi connectivity index (χ1) is 11.1. The SMILES string of the molecule is Cc1cccc(N2CC(C(=O)NC3CCNCC3)CC2=O)c1C.Cl. The molecule has 0 radical (unpaired) electrons. The van der Waals surface area contributed by atoms with Crippen molar-refractivity contribution in [3.63, 3.8) is 0 Å². The van der Waals surface area contributed by atoms with Crippen LogP contribution in [-0.2, 0) is 9.59 Å². The van der Waals surface area contributed by atoms with Crippen molar-refractivity contribution < 1.29 is 9.59 Å². The fourth-order valence-electron chi connectivity index (χ4n) is 3.43. The number of benzene rings is 1. The fraction of sp³-hybridized carbons (Fsp3) is 0.556. The fourth-order valence-corrected chi connectivity index (χ4v) is 3.43. The van der Waals surface area contributed by atoms with Crippen molar-refractivity contribution in [1.82, 2.24) is 10.6 Å². The first-order valence-corrected chi connectivity index (χ1v) is 8.44. The third-order valence-corrected chi connectivity index (χ3v) is 5.05. The van der Waals surface area contributed by atoms with Gasteiger partial charge in [-0.25, -0.2) is 0 Å². The third kappa shape index (κ3) is 3.90. The zero-order valence-corrected chi connectivity index (χ0v) is 15.1. The number of hydrogen-bond donors (Lipinski definition) is 2. The summed E-state index contributed by atoms with van der Waals surface area (Å²) < 4.78 is 0. The highest BCUT2D eigenvalue weighted by molar-refractivity contribution is 6.01. The summed E-state index contributed by atoms with van der Waals surface area (Å²) in [4.78, 5) is 26.6. The maximum absolute atomic E-state index is 12.5. The zero-order valence-electron chi connectivity index (χ0n) is 14.3. The topological polar surface area (TPSA) is 61.4 Å². The van der Waals surface area contributed by atoms with Crippen molar-refractivity contribution in [2.24, 2.45) is 5.92 Å². The quantitative estimate of drug-likeness (QED) is 0.875. The van der Waals surface area contributed by atoms with Crippen LogP contribution in [0.4, 0.5) is 5.69 Å². The number of amides is 2. The number of halogens is 1.